The fourth-order valence-electron chi connectivity index (χ4n) is 4.78. The lowest BCUT2D eigenvalue weighted by Crippen LogP contribution is -2.65. The highest BCUT2D eigenvalue weighted by molar-refractivity contribution is 5.07. The molecule has 0 spiro atoms. The van der Waals surface area contributed by atoms with Crippen LogP contribution in [0.3, 0.4) is 0 Å². The highest BCUT2D eigenvalue weighted by Crippen LogP contribution is 2.50. The first-order valence-corrected chi connectivity index (χ1v) is 7.91. The van der Waals surface area contributed by atoms with Gasteiger partial charge >= 0.3 is 0 Å². The number of rotatable bonds is 3. The lowest BCUT2D eigenvalue weighted by Gasteiger charge is -2.48. The SMILES string of the molecule is CC1CCCC(C)N1NC1(CN)CC2CCC1C2. The molecule has 5 atom stereocenters. The summed E-state index contributed by atoms with van der Waals surface area (Å²) >= 11 is 0. The van der Waals surface area contributed by atoms with Gasteiger partial charge in [-0.05, 0) is 57.8 Å². The van der Waals surface area contributed by atoms with Crippen molar-refractivity contribution < 1.29 is 0 Å². The maximum Gasteiger partial charge on any atom is 0.0479 e. The molecule has 1 aliphatic heterocycles. The summed E-state index contributed by atoms with van der Waals surface area (Å²) in [5, 5.41) is 2.54. The second-order valence-corrected chi connectivity index (χ2v) is 7.09. The average molecular weight is 251 g/mol. The van der Waals surface area contributed by atoms with Crippen LogP contribution in [0.25, 0.3) is 0 Å². The first-order chi connectivity index (χ1) is 8.64. The van der Waals surface area contributed by atoms with Crippen molar-refractivity contribution in [3.63, 3.8) is 0 Å². The quantitative estimate of drug-likeness (QED) is 0.808. The van der Waals surface area contributed by atoms with Crippen molar-refractivity contribution in [2.75, 3.05) is 6.54 Å². The van der Waals surface area contributed by atoms with E-state index in [0.29, 0.717) is 12.1 Å². The number of nitrogens with one attached hydrogen (secondary N) is 1. The Balaban J connectivity index is 1.73. The van der Waals surface area contributed by atoms with Crippen molar-refractivity contribution in [3.8, 4) is 0 Å². The van der Waals surface area contributed by atoms with Crippen molar-refractivity contribution in [3.05, 3.63) is 0 Å². The smallest absolute Gasteiger partial charge is 0.0479 e. The zero-order valence-electron chi connectivity index (χ0n) is 12.0. The van der Waals surface area contributed by atoms with E-state index in [9.17, 15) is 0 Å². The van der Waals surface area contributed by atoms with Gasteiger partial charge in [-0.2, -0.15) is 0 Å². The zero-order valence-corrected chi connectivity index (χ0v) is 12.0. The Kier molecular flexibility index (Phi) is 3.41. The van der Waals surface area contributed by atoms with Crippen LogP contribution >= 0.6 is 0 Å². The molecule has 0 radical (unpaired) electrons. The van der Waals surface area contributed by atoms with Gasteiger partial charge in [0.1, 0.15) is 0 Å². The number of nitrogens with two attached hydrogens (primary N) is 1. The third-order valence-electron chi connectivity index (χ3n) is 5.89. The number of fused-ring (bicyclic) bond motifs is 2. The van der Waals surface area contributed by atoms with Gasteiger partial charge in [-0.15, -0.1) is 0 Å². The van der Waals surface area contributed by atoms with Gasteiger partial charge in [0.2, 0.25) is 0 Å². The molecule has 5 unspecified atom stereocenters. The van der Waals surface area contributed by atoms with Crippen molar-refractivity contribution in [2.45, 2.75) is 76.4 Å². The molecule has 1 heterocycles. The fraction of sp³-hybridized carbons (Fsp3) is 1.00. The molecule has 3 nitrogen and oxygen atoms in total. The molecule has 0 aromatic rings. The van der Waals surface area contributed by atoms with E-state index in [1.807, 2.05) is 0 Å². The van der Waals surface area contributed by atoms with Crippen LogP contribution in [0.2, 0.25) is 0 Å². The average Bonchev–Trinajstić information content (AvgIpc) is 2.95. The highest BCUT2D eigenvalue weighted by atomic mass is 15.6. The highest BCUT2D eigenvalue weighted by Gasteiger charge is 2.51. The molecule has 3 fully saturated rings. The summed E-state index contributed by atoms with van der Waals surface area (Å²) in [6, 6.07) is 1.33. The van der Waals surface area contributed by atoms with E-state index in [2.05, 4.69) is 24.3 Å². The first-order valence-electron chi connectivity index (χ1n) is 7.91. The Labute approximate surface area is 111 Å². The van der Waals surface area contributed by atoms with Crippen LogP contribution in [0.15, 0.2) is 0 Å². The molecule has 0 aromatic carbocycles. The molecule has 2 bridgehead atoms. The molecule has 0 amide bonds. The molecular weight excluding hydrogens is 222 g/mol. The molecule has 3 N–H and O–H groups in total. The first kappa shape index (κ1) is 12.9. The van der Waals surface area contributed by atoms with Crippen LogP contribution in [-0.4, -0.2) is 29.2 Å². The molecule has 2 aliphatic carbocycles. The van der Waals surface area contributed by atoms with E-state index in [-0.39, 0.29) is 5.54 Å². The second-order valence-electron chi connectivity index (χ2n) is 7.09. The van der Waals surface area contributed by atoms with Crippen LogP contribution in [0.4, 0.5) is 0 Å². The van der Waals surface area contributed by atoms with Crippen molar-refractivity contribution in [2.24, 2.45) is 17.6 Å². The summed E-state index contributed by atoms with van der Waals surface area (Å²) in [7, 11) is 0. The van der Waals surface area contributed by atoms with Crippen molar-refractivity contribution in [1.82, 2.24) is 10.4 Å². The Morgan fingerprint density at radius 1 is 1.17 bits per heavy atom. The minimum Gasteiger partial charge on any atom is -0.329 e. The fourth-order valence-corrected chi connectivity index (χ4v) is 4.78. The van der Waals surface area contributed by atoms with Gasteiger partial charge in [0.25, 0.3) is 0 Å². The van der Waals surface area contributed by atoms with Crippen molar-refractivity contribution in [1.29, 1.82) is 0 Å². The number of hydrogen-bond donors (Lipinski definition) is 2. The third-order valence-corrected chi connectivity index (χ3v) is 5.89. The Bertz CT molecular complexity index is 296. The number of hydrogen-bond acceptors (Lipinski definition) is 3. The summed E-state index contributed by atoms with van der Waals surface area (Å²) in [5.41, 5.74) is 10.3. The van der Waals surface area contributed by atoms with Crippen LogP contribution in [-0.2, 0) is 0 Å². The van der Waals surface area contributed by atoms with Gasteiger partial charge in [0.15, 0.2) is 0 Å². The molecule has 3 heteroatoms. The Morgan fingerprint density at radius 2 is 1.89 bits per heavy atom. The number of hydrazine groups is 1. The number of nitrogens with zero attached hydrogens (tertiary/aromatic N) is 1. The topological polar surface area (TPSA) is 41.3 Å². The molecule has 1 saturated heterocycles. The third kappa shape index (κ3) is 2.00. The molecule has 3 rings (SSSR count). The van der Waals surface area contributed by atoms with Crippen LogP contribution in [0, 0.1) is 11.8 Å². The normalized spacial score (nSPS) is 48.8. The van der Waals surface area contributed by atoms with E-state index in [1.165, 1.54) is 44.9 Å². The summed E-state index contributed by atoms with van der Waals surface area (Å²) in [6.07, 6.45) is 9.59. The van der Waals surface area contributed by atoms with E-state index in [1.54, 1.807) is 0 Å². The Hall–Kier alpha value is -0.120. The van der Waals surface area contributed by atoms with E-state index < -0.39 is 0 Å². The van der Waals surface area contributed by atoms with Gasteiger partial charge in [0, 0.05) is 24.2 Å². The second kappa shape index (κ2) is 4.77. The summed E-state index contributed by atoms with van der Waals surface area (Å²) in [5.74, 6) is 1.77. The Morgan fingerprint density at radius 3 is 2.39 bits per heavy atom. The van der Waals surface area contributed by atoms with Crippen LogP contribution in [0.5, 0.6) is 0 Å². The molecule has 104 valence electrons. The summed E-state index contributed by atoms with van der Waals surface area (Å²) < 4.78 is 0. The van der Waals surface area contributed by atoms with Crippen molar-refractivity contribution >= 4 is 0 Å². The maximum atomic E-state index is 6.17. The van der Waals surface area contributed by atoms with Gasteiger partial charge in [-0.25, -0.2) is 10.4 Å². The monoisotopic (exact) mass is 251 g/mol. The predicted octanol–water partition coefficient (Wildman–Crippen LogP) is 2.27. The molecule has 0 aromatic heterocycles. The molecule has 2 saturated carbocycles. The largest absolute Gasteiger partial charge is 0.329 e. The minimum absolute atomic E-state index is 0.225. The van der Waals surface area contributed by atoms with Gasteiger partial charge < -0.3 is 5.73 Å². The standard InChI is InChI=1S/C15H29N3/c1-11-4-3-5-12(2)18(11)17-15(10-16)9-13-6-7-14(15)8-13/h11-14,17H,3-10,16H2,1-2H3. The lowest BCUT2D eigenvalue weighted by molar-refractivity contribution is -0.0154. The molecule has 18 heavy (non-hydrogen) atoms. The van der Waals surface area contributed by atoms with Gasteiger partial charge in [-0.3, -0.25) is 0 Å². The maximum absolute atomic E-state index is 6.17. The van der Waals surface area contributed by atoms with Crippen LogP contribution < -0.4 is 11.2 Å². The lowest BCUT2D eigenvalue weighted by atomic mass is 9.81. The summed E-state index contributed by atoms with van der Waals surface area (Å²) in [4.78, 5) is 0. The minimum atomic E-state index is 0.225. The van der Waals surface area contributed by atoms with Gasteiger partial charge in [0.05, 0.1) is 0 Å². The predicted molar refractivity (Wildman–Crippen MR) is 75.0 cm³/mol. The van der Waals surface area contributed by atoms with E-state index in [0.717, 1.165) is 18.4 Å². The summed E-state index contributed by atoms with van der Waals surface area (Å²) in [6.45, 7) is 5.53. The molecule has 3 aliphatic rings. The van der Waals surface area contributed by atoms with Crippen LogP contribution in [0.1, 0.15) is 58.8 Å². The van der Waals surface area contributed by atoms with E-state index in [4.69, 9.17) is 5.73 Å². The van der Waals surface area contributed by atoms with Gasteiger partial charge in [-0.1, -0.05) is 12.8 Å². The number of piperidine rings is 1. The molecular formula is C15H29N3. The zero-order chi connectivity index (χ0) is 12.8. The van der Waals surface area contributed by atoms with E-state index >= 15 is 0 Å².